The Hall–Kier alpha value is -1.51. The van der Waals surface area contributed by atoms with Crippen molar-refractivity contribution in [1.29, 1.82) is 0 Å². The molecular weight excluding hydrogens is 252 g/mol. The van der Waals surface area contributed by atoms with Crippen LogP contribution in [-0.2, 0) is 4.74 Å². The van der Waals surface area contributed by atoms with Crippen molar-refractivity contribution in [3.63, 3.8) is 0 Å². The maximum atomic E-state index is 11.7. The van der Waals surface area contributed by atoms with Crippen molar-refractivity contribution >= 4 is 5.97 Å². The van der Waals surface area contributed by atoms with Crippen LogP contribution in [0.5, 0.6) is 5.75 Å². The van der Waals surface area contributed by atoms with Gasteiger partial charge in [-0.3, -0.25) is 0 Å². The van der Waals surface area contributed by atoms with E-state index in [0.29, 0.717) is 18.3 Å². The van der Waals surface area contributed by atoms with Gasteiger partial charge >= 0.3 is 5.97 Å². The van der Waals surface area contributed by atoms with Gasteiger partial charge in [0, 0.05) is 0 Å². The number of esters is 1. The zero-order valence-electron chi connectivity index (χ0n) is 12.0. The van der Waals surface area contributed by atoms with E-state index in [1.54, 1.807) is 12.1 Å². The zero-order chi connectivity index (χ0) is 13.9. The fraction of sp³-hybridized carbons (Fsp3) is 0.588. The second-order valence-corrected chi connectivity index (χ2v) is 6.00. The highest BCUT2D eigenvalue weighted by molar-refractivity contribution is 5.89. The van der Waals surface area contributed by atoms with Crippen molar-refractivity contribution in [1.82, 2.24) is 0 Å². The highest BCUT2D eigenvalue weighted by atomic mass is 16.5. The fourth-order valence-electron chi connectivity index (χ4n) is 3.65. The van der Waals surface area contributed by atoms with Gasteiger partial charge in [0.05, 0.1) is 18.3 Å². The lowest BCUT2D eigenvalue weighted by atomic mass is 9.87. The van der Waals surface area contributed by atoms with E-state index in [0.717, 1.165) is 17.6 Å². The molecule has 2 fully saturated rings. The molecule has 0 saturated heterocycles. The topological polar surface area (TPSA) is 35.5 Å². The zero-order valence-corrected chi connectivity index (χ0v) is 12.0. The van der Waals surface area contributed by atoms with E-state index in [9.17, 15) is 4.79 Å². The third-order valence-electron chi connectivity index (χ3n) is 4.49. The standard InChI is InChI=1S/C17H22O3/c1-2-19-17(18)14-4-3-5-15(11-14)20-16-9-12-6-7-13(8-12)10-16/h3-5,11-13,16H,2,6-10H2,1H3/t12-,13+,16-. The monoisotopic (exact) mass is 274 g/mol. The molecule has 108 valence electrons. The molecule has 2 bridgehead atoms. The van der Waals surface area contributed by atoms with Gasteiger partial charge in [0.25, 0.3) is 0 Å². The van der Waals surface area contributed by atoms with E-state index in [-0.39, 0.29) is 5.97 Å². The molecule has 0 heterocycles. The Labute approximate surface area is 120 Å². The van der Waals surface area contributed by atoms with Gasteiger partial charge in [0.2, 0.25) is 0 Å². The summed E-state index contributed by atoms with van der Waals surface area (Å²) >= 11 is 0. The molecule has 2 aliphatic carbocycles. The highest BCUT2D eigenvalue weighted by Gasteiger charge is 2.35. The van der Waals surface area contributed by atoms with Crippen molar-refractivity contribution < 1.29 is 14.3 Å². The van der Waals surface area contributed by atoms with Crippen LogP contribution < -0.4 is 4.74 Å². The Morgan fingerprint density at radius 3 is 2.65 bits per heavy atom. The number of hydrogen-bond acceptors (Lipinski definition) is 3. The normalized spacial score (nSPS) is 28.1. The smallest absolute Gasteiger partial charge is 0.338 e. The van der Waals surface area contributed by atoms with Crippen molar-refractivity contribution in [3.05, 3.63) is 29.8 Å². The molecule has 3 nitrogen and oxygen atoms in total. The van der Waals surface area contributed by atoms with Gasteiger partial charge in [-0.15, -0.1) is 0 Å². The van der Waals surface area contributed by atoms with Crippen molar-refractivity contribution in [3.8, 4) is 5.75 Å². The Morgan fingerprint density at radius 1 is 1.20 bits per heavy atom. The molecule has 3 rings (SSSR count). The van der Waals surface area contributed by atoms with Crippen molar-refractivity contribution in [2.75, 3.05) is 6.61 Å². The Kier molecular flexibility index (Phi) is 3.95. The average Bonchev–Trinajstić information content (AvgIpc) is 2.78. The predicted molar refractivity (Wildman–Crippen MR) is 76.9 cm³/mol. The van der Waals surface area contributed by atoms with Crippen LogP contribution in [0.25, 0.3) is 0 Å². The van der Waals surface area contributed by atoms with Crippen LogP contribution in [-0.4, -0.2) is 18.7 Å². The second-order valence-electron chi connectivity index (χ2n) is 6.00. The first-order valence-electron chi connectivity index (χ1n) is 7.68. The third-order valence-corrected chi connectivity index (χ3v) is 4.49. The van der Waals surface area contributed by atoms with E-state index in [1.807, 2.05) is 19.1 Å². The molecule has 2 aliphatic rings. The fourth-order valence-corrected chi connectivity index (χ4v) is 3.65. The van der Waals surface area contributed by atoms with Crippen LogP contribution in [0, 0.1) is 11.8 Å². The second kappa shape index (κ2) is 5.86. The lowest BCUT2D eigenvalue weighted by molar-refractivity contribution is 0.0525. The molecule has 3 heteroatoms. The van der Waals surface area contributed by atoms with E-state index in [2.05, 4.69) is 0 Å². The molecule has 0 unspecified atom stereocenters. The minimum Gasteiger partial charge on any atom is -0.490 e. The molecule has 0 radical (unpaired) electrons. The molecule has 1 aromatic rings. The summed E-state index contributed by atoms with van der Waals surface area (Å²) in [4.78, 5) is 11.7. The number of hydrogen-bond donors (Lipinski definition) is 0. The number of carbonyl (C=O) groups excluding carboxylic acids is 1. The molecule has 20 heavy (non-hydrogen) atoms. The Bertz CT molecular complexity index is 471. The van der Waals surface area contributed by atoms with Gasteiger partial charge < -0.3 is 9.47 Å². The number of benzene rings is 1. The first-order valence-corrected chi connectivity index (χ1v) is 7.68. The Morgan fingerprint density at radius 2 is 1.95 bits per heavy atom. The van der Waals surface area contributed by atoms with Crippen LogP contribution in [0.3, 0.4) is 0 Å². The van der Waals surface area contributed by atoms with Gasteiger partial charge in [-0.25, -0.2) is 4.79 Å². The summed E-state index contributed by atoms with van der Waals surface area (Å²) in [6.07, 6.45) is 6.78. The van der Waals surface area contributed by atoms with Gasteiger partial charge in [-0.05, 0) is 56.2 Å². The Balaban J connectivity index is 1.65. The van der Waals surface area contributed by atoms with Gasteiger partial charge in [-0.2, -0.15) is 0 Å². The maximum Gasteiger partial charge on any atom is 0.338 e. The summed E-state index contributed by atoms with van der Waals surface area (Å²) < 4.78 is 11.1. The highest BCUT2D eigenvalue weighted by Crippen LogP contribution is 2.43. The van der Waals surface area contributed by atoms with Crippen molar-refractivity contribution in [2.24, 2.45) is 11.8 Å². The van der Waals surface area contributed by atoms with Gasteiger partial charge in [0.15, 0.2) is 0 Å². The first kappa shape index (κ1) is 13.5. The van der Waals surface area contributed by atoms with Crippen LogP contribution in [0.4, 0.5) is 0 Å². The number of rotatable bonds is 4. The summed E-state index contributed by atoms with van der Waals surface area (Å²) in [5, 5.41) is 0. The summed E-state index contributed by atoms with van der Waals surface area (Å²) in [6, 6.07) is 7.36. The SMILES string of the molecule is CCOC(=O)c1cccc(O[C@@H]2C[C@@H]3CC[C@@H](C3)C2)c1. The van der Waals surface area contributed by atoms with Crippen LogP contribution >= 0.6 is 0 Å². The molecule has 0 aliphatic heterocycles. The lowest BCUT2D eigenvalue weighted by Crippen LogP contribution is -2.26. The third kappa shape index (κ3) is 2.97. The lowest BCUT2D eigenvalue weighted by Gasteiger charge is -2.28. The summed E-state index contributed by atoms with van der Waals surface area (Å²) in [6.45, 7) is 2.21. The van der Waals surface area contributed by atoms with Gasteiger partial charge in [-0.1, -0.05) is 18.9 Å². The number of ether oxygens (including phenoxy) is 2. The molecule has 2 saturated carbocycles. The molecule has 3 atom stereocenters. The summed E-state index contributed by atoms with van der Waals surface area (Å²) in [5.41, 5.74) is 0.572. The quantitative estimate of drug-likeness (QED) is 0.783. The van der Waals surface area contributed by atoms with E-state index in [1.165, 1.54) is 32.1 Å². The first-order chi connectivity index (χ1) is 9.74. The number of carbonyl (C=O) groups is 1. The molecule has 0 N–H and O–H groups in total. The molecule has 0 spiro atoms. The summed E-state index contributed by atoms with van der Waals surface area (Å²) in [5.74, 6) is 2.22. The largest absolute Gasteiger partial charge is 0.490 e. The molecule has 1 aromatic carbocycles. The maximum absolute atomic E-state index is 11.7. The minimum absolute atomic E-state index is 0.276. The van der Waals surface area contributed by atoms with E-state index < -0.39 is 0 Å². The van der Waals surface area contributed by atoms with Crippen LogP contribution in [0.15, 0.2) is 24.3 Å². The van der Waals surface area contributed by atoms with E-state index >= 15 is 0 Å². The van der Waals surface area contributed by atoms with Gasteiger partial charge in [0.1, 0.15) is 5.75 Å². The van der Waals surface area contributed by atoms with Crippen LogP contribution in [0.1, 0.15) is 49.4 Å². The minimum atomic E-state index is -0.276. The summed E-state index contributed by atoms with van der Waals surface area (Å²) in [7, 11) is 0. The molecule has 0 amide bonds. The molecular formula is C17H22O3. The van der Waals surface area contributed by atoms with Crippen LogP contribution in [0.2, 0.25) is 0 Å². The average molecular weight is 274 g/mol. The number of fused-ring (bicyclic) bond motifs is 2. The molecule has 0 aromatic heterocycles. The van der Waals surface area contributed by atoms with E-state index in [4.69, 9.17) is 9.47 Å². The predicted octanol–water partition coefficient (Wildman–Crippen LogP) is 3.82. The van der Waals surface area contributed by atoms with Crippen molar-refractivity contribution in [2.45, 2.75) is 45.1 Å².